The van der Waals surface area contributed by atoms with Gasteiger partial charge in [-0.05, 0) is 72.5 Å². The van der Waals surface area contributed by atoms with Gasteiger partial charge in [0.05, 0.1) is 16.2 Å². The van der Waals surface area contributed by atoms with Crippen molar-refractivity contribution in [1.82, 2.24) is 24.3 Å². The number of imidazole rings is 1. The number of aromatic nitrogens is 5. The third-order valence-corrected chi connectivity index (χ3v) is 9.76. The van der Waals surface area contributed by atoms with Crippen LogP contribution in [-0.2, 0) is 12.8 Å². The summed E-state index contributed by atoms with van der Waals surface area (Å²) in [5.74, 6) is 4.10. The van der Waals surface area contributed by atoms with E-state index in [1.54, 1.807) is 0 Å². The van der Waals surface area contributed by atoms with Gasteiger partial charge < -0.3 is 4.42 Å². The fourth-order valence-corrected chi connectivity index (χ4v) is 7.48. The number of nitrogens with zero attached hydrogens (tertiary/aromatic N) is 5. The van der Waals surface area contributed by atoms with Crippen LogP contribution in [0.15, 0.2) is 101 Å². The van der Waals surface area contributed by atoms with Crippen molar-refractivity contribution in [2.75, 3.05) is 0 Å². The first kappa shape index (κ1) is 27.3. The van der Waals surface area contributed by atoms with E-state index in [0.717, 1.165) is 94.4 Å². The van der Waals surface area contributed by atoms with Crippen LogP contribution in [0, 0.1) is 0 Å². The molecule has 0 N–H and O–H groups in total. The zero-order chi connectivity index (χ0) is 31.6. The fourth-order valence-electron chi connectivity index (χ4n) is 7.48. The maximum Gasteiger partial charge on any atom is 0.164 e. The van der Waals surface area contributed by atoms with Crippen LogP contribution >= 0.6 is 0 Å². The Labute approximate surface area is 277 Å². The molecule has 10 rings (SSSR count). The Morgan fingerprint density at radius 2 is 1.38 bits per heavy atom. The van der Waals surface area contributed by atoms with Gasteiger partial charge in [-0.25, -0.2) is 19.9 Å². The van der Waals surface area contributed by atoms with Crippen molar-refractivity contribution in [1.29, 1.82) is 0 Å². The van der Waals surface area contributed by atoms with E-state index in [2.05, 4.69) is 102 Å². The summed E-state index contributed by atoms with van der Waals surface area (Å²) in [6.07, 6.45) is 17.1. The van der Waals surface area contributed by atoms with E-state index in [-0.39, 0.29) is 0 Å². The Balaban J connectivity index is 1.10. The number of furan rings is 1. The summed E-state index contributed by atoms with van der Waals surface area (Å²) in [6, 6.07) is 29.7. The van der Waals surface area contributed by atoms with Crippen LogP contribution in [0.2, 0.25) is 0 Å². The summed E-state index contributed by atoms with van der Waals surface area (Å²) in [5, 5.41) is 3.46. The van der Waals surface area contributed by atoms with Crippen LogP contribution in [0.4, 0.5) is 0 Å². The molecule has 6 nitrogen and oxygen atoms in total. The van der Waals surface area contributed by atoms with Gasteiger partial charge in [0.15, 0.2) is 17.5 Å². The highest BCUT2D eigenvalue weighted by Gasteiger charge is 2.28. The molecule has 0 fully saturated rings. The Hall–Kier alpha value is -5.88. The van der Waals surface area contributed by atoms with E-state index in [9.17, 15) is 0 Å². The maximum absolute atomic E-state index is 6.38. The van der Waals surface area contributed by atoms with Crippen LogP contribution in [0.1, 0.15) is 54.2 Å². The largest absolute Gasteiger partial charge is 0.465 e. The first-order chi connectivity index (χ1) is 23.8. The quantitative estimate of drug-likeness (QED) is 0.200. The molecule has 0 spiro atoms. The van der Waals surface area contributed by atoms with Gasteiger partial charge in [-0.1, -0.05) is 85.0 Å². The molecule has 4 heterocycles. The highest BCUT2D eigenvalue weighted by molar-refractivity contribution is 5.88. The Kier molecular flexibility index (Phi) is 6.16. The minimum Gasteiger partial charge on any atom is -0.465 e. The topological polar surface area (TPSA) is 69.1 Å². The molecule has 0 saturated carbocycles. The van der Waals surface area contributed by atoms with Gasteiger partial charge in [0.2, 0.25) is 0 Å². The maximum atomic E-state index is 6.38. The average molecular weight is 622 g/mol. The van der Waals surface area contributed by atoms with E-state index in [1.807, 2.05) is 18.2 Å². The molecule has 0 saturated heterocycles. The van der Waals surface area contributed by atoms with Crippen molar-refractivity contribution >= 4 is 40.4 Å². The van der Waals surface area contributed by atoms with Crippen LogP contribution in [0.5, 0.6) is 0 Å². The summed E-state index contributed by atoms with van der Waals surface area (Å²) >= 11 is 0. The summed E-state index contributed by atoms with van der Waals surface area (Å²) in [6.45, 7) is 0. The Morgan fingerprint density at radius 1 is 0.583 bits per heavy atom. The molecule has 4 aromatic heterocycles. The van der Waals surface area contributed by atoms with Crippen molar-refractivity contribution < 1.29 is 4.42 Å². The SMILES string of the molecule is C1=Cc2c(oc3c2C(c2nc(-c4ccccc4)nc(-c4cccc(-c5ccc6c(ccc7nc8c(n76)=CCCC=8)c5)c4)n2)=CCC3)CC1. The van der Waals surface area contributed by atoms with E-state index < -0.39 is 0 Å². The Bertz CT molecular complexity index is 2620. The predicted molar refractivity (Wildman–Crippen MR) is 191 cm³/mol. The molecule has 7 aromatic rings. The number of aryl methyl sites for hydroxylation is 2. The molecule has 6 heteroatoms. The van der Waals surface area contributed by atoms with Gasteiger partial charge in [-0.3, -0.25) is 4.40 Å². The summed E-state index contributed by atoms with van der Waals surface area (Å²) < 4.78 is 8.67. The standard InChI is InChI=1S/C42H31N5O/c1-2-10-26(11-3-1)40-44-41(46-42(45-40)32-15-9-19-37-39(32)31-14-4-7-18-36(31)48-37)30-13-8-12-27(25-30)28-20-22-34-29(24-28)21-23-38-43-33-16-5-6-17-35(33)47(34)38/h1-4,8,10-17,20-25H,5-7,9,18-19H2. The minimum absolute atomic E-state index is 0.654. The monoisotopic (exact) mass is 621 g/mol. The molecular weight excluding hydrogens is 590 g/mol. The molecule has 3 aliphatic carbocycles. The number of rotatable bonds is 4. The normalized spacial score (nSPS) is 15.0. The molecule has 3 aliphatic rings. The fraction of sp³-hybridized carbons (Fsp3) is 0.143. The first-order valence-corrected chi connectivity index (χ1v) is 16.8. The molecule has 0 atom stereocenters. The number of allylic oxidation sites excluding steroid dienone is 2. The van der Waals surface area contributed by atoms with Gasteiger partial charge >= 0.3 is 0 Å². The smallest absolute Gasteiger partial charge is 0.164 e. The summed E-state index contributed by atoms with van der Waals surface area (Å²) in [5.41, 5.74) is 9.65. The number of pyridine rings is 1. The number of benzene rings is 3. The van der Waals surface area contributed by atoms with Gasteiger partial charge in [0.1, 0.15) is 17.2 Å². The van der Waals surface area contributed by atoms with Crippen molar-refractivity contribution in [3.8, 4) is 33.9 Å². The van der Waals surface area contributed by atoms with Gasteiger partial charge in [-0.15, -0.1) is 0 Å². The van der Waals surface area contributed by atoms with Crippen molar-refractivity contribution in [3.05, 3.63) is 136 Å². The van der Waals surface area contributed by atoms with E-state index in [1.165, 1.54) is 21.8 Å². The second-order valence-corrected chi connectivity index (χ2v) is 12.8. The van der Waals surface area contributed by atoms with Crippen molar-refractivity contribution in [3.63, 3.8) is 0 Å². The molecule has 0 radical (unpaired) electrons. The molecule has 0 amide bonds. The third-order valence-electron chi connectivity index (χ3n) is 9.76. The predicted octanol–water partition coefficient (Wildman–Crippen LogP) is 7.96. The van der Waals surface area contributed by atoms with Gasteiger partial charge in [0.25, 0.3) is 0 Å². The molecule has 0 bridgehead atoms. The van der Waals surface area contributed by atoms with Crippen LogP contribution < -0.4 is 10.7 Å². The lowest BCUT2D eigenvalue weighted by atomic mass is 9.90. The average Bonchev–Trinajstić information content (AvgIpc) is 3.74. The summed E-state index contributed by atoms with van der Waals surface area (Å²) in [7, 11) is 0. The second-order valence-electron chi connectivity index (χ2n) is 12.8. The van der Waals surface area contributed by atoms with Gasteiger partial charge in [0, 0.05) is 40.7 Å². The lowest BCUT2D eigenvalue weighted by Gasteiger charge is -2.15. The van der Waals surface area contributed by atoms with Gasteiger partial charge in [-0.2, -0.15) is 0 Å². The lowest BCUT2D eigenvalue weighted by molar-refractivity contribution is 0.462. The van der Waals surface area contributed by atoms with E-state index >= 15 is 0 Å². The minimum atomic E-state index is 0.654. The molecule has 48 heavy (non-hydrogen) atoms. The zero-order valence-corrected chi connectivity index (χ0v) is 26.4. The molecule has 3 aromatic carbocycles. The Morgan fingerprint density at radius 3 is 2.31 bits per heavy atom. The van der Waals surface area contributed by atoms with Crippen LogP contribution in [0.25, 0.3) is 74.3 Å². The van der Waals surface area contributed by atoms with Crippen molar-refractivity contribution in [2.24, 2.45) is 0 Å². The number of fused-ring (bicyclic) bond motifs is 8. The lowest BCUT2D eigenvalue weighted by Crippen LogP contribution is -2.29. The number of hydrogen-bond acceptors (Lipinski definition) is 5. The molecule has 230 valence electrons. The van der Waals surface area contributed by atoms with Crippen molar-refractivity contribution in [2.45, 2.75) is 38.5 Å². The highest BCUT2D eigenvalue weighted by Crippen LogP contribution is 2.40. The molecule has 0 unspecified atom stereocenters. The highest BCUT2D eigenvalue weighted by atomic mass is 16.3. The third kappa shape index (κ3) is 4.40. The van der Waals surface area contributed by atoms with E-state index in [0.29, 0.717) is 17.5 Å². The molecular formula is C42H31N5O. The zero-order valence-electron chi connectivity index (χ0n) is 26.4. The summed E-state index contributed by atoms with van der Waals surface area (Å²) in [4.78, 5) is 20.2. The molecule has 0 aliphatic heterocycles. The van der Waals surface area contributed by atoms with E-state index in [4.69, 9.17) is 24.4 Å². The van der Waals surface area contributed by atoms with Crippen LogP contribution in [-0.4, -0.2) is 24.3 Å². The second kappa shape index (κ2) is 10.8. The number of hydrogen-bond donors (Lipinski definition) is 0. The van der Waals surface area contributed by atoms with Crippen LogP contribution in [0.3, 0.4) is 0 Å². The first-order valence-electron chi connectivity index (χ1n) is 16.8.